The Balaban J connectivity index is 2.34. The van der Waals surface area contributed by atoms with Crippen molar-refractivity contribution in [3.8, 4) is 0 Å². The third kappa shape index (κ3) is 1.35. The van der Waals surface area contributed by atoms with Gasteiger partial charge < -0.3 is 4.98 Å². The summed E-state index contributed by atoms with van der Waals surface area (Å²) in [6.07, 6.45) is 0.399. The first kappa shape index (κ1) is 11.6. The Morgan fingerprint density at radius 2 is 1.90 bits per heavy atom. The summed E-state index contributed by atoms with van der Waals surface area (Å²) in [4.78, 5) is 14.7. The number of aromatic nitrogens is 1. The highest BCUT2D eigenvalue weighted by Crippen LogP contribution is 2.38. The maximum Gasteiger partial charge on any atom is 0.294 e. The van der Waals surface area contributed by atoms with E-state index in [1.165, 1.54) is 12.1 Å². The van der Waals surface area contributed by atoms with E-state index in [0.29, 0.717) is 28.3 Å². The van der Waals surface area contributed by atoms with Crippen LogP contribution in [0.4, 0.5) is 0 Å². The Labute approximate surface area is 113 Å². The molecule has 0 spiro atoms. The molecule has 4 rings (SSSR count). The summed E-state index contributed by atoms with van der Waals surface area (Å²) in [5.74, 6) is 0. The quantitative estimate of drug-likeness (QED) is 0.413. The molecule has 5 nitrogen and oxygen atoms in total. The van der Waals surface area contributed by atoms with Crippen LogP contribution < -0.4 is 5.56 Å². The van der Waals surface area contributed by atoms with Crippen molar-refractivity contribution in [3.05, 3.63) is 51.8 Å². The van der Waals surface area contributed by atoms with Crippen LogP contribution in [-0.2, 0) is 16.5 Å². The van der Waals surface area contributed by atoms with Crippen molar-refractivity contribution in [1.82, 2.24) is 4.98 Å². The molecule has 0 amide bonds. The largest absolute Gasteiger partial charge is 0.321 e. The molecule has 0 bridgehead atoms. The van der Waals surface area contributed by atoms with Crippen molar-refractivity contribution in [2.45, 2.75) is 11.3 Å². The van der Waals surface area contributed by atoms with Gasteiger partial charge in [-0.05, 0) is 29.3 Å². The molecule has 0 saturated carbocycles. The topological polar surface area (TPSA) is 87.2 Å². The third-order valence-electron chi connectivity index (χ3n) is 3.81. The van der Waals surface area contributed by atoms with Crippen LogP contribution in [0.3, 0.4) is 0 Å². The first-order valence-electron chi connectivity index (χ1n) is 6.04. The molecule has 2 N–H and O–H groups in total. The smallest absolute Gasteiger partial charge is 0.294 e. The lowest BCUT2D eigenvalue weighted by molar-refractivity contribution is 0.482. The number of hydrogen-bond donors (Lipinski definition) is 2. The molecule has 20 heavy (non-hydrogen) atoms. The van der Waals surface area contributed by atoms with Gasteiger partial charge in [0.25, 0.3) is 15.7 Å². The first-order chi connectivity index (χ1) is 9.47. The van der Waals surface area contributed by atoms with E-state index in [1.807, 2.05) is 6.07 Å². The van der Waals surface area contributed by atoms with Gasteiger partial charge in [0.1, 0.15) is 0 Å². The molecule has 1 aliphatic rings. The number of hydrogen-bond acceptors (Lipinski definition) is 3. The highest BCUT2D eigenvalue weighted by molar-refractivity contribution is 7.85. The zero-order valence-corrected chi connectivity index (χ0v) is 11.0. The fourth-order valence-electron chi connectivity index (χ4n) is 3.05. The van der Waals surface area contributed by atoms with E-state index in [2.05, 4.69) is 4.98 Å². The molecule has 0 atom stereocenters. The predicted molar refractivity (Wildman–Crippen MR) is 74.7 cm³/mol. The Kier molecular flexibility index (Phi) is 2.02. The summed E-state index contributed by atoms with van der Waals surface area (Å²) in [6, 6.07) is 8.21. The molecule has 100 valence electrons. The van der Waals surface area contributed by atoms with E-state index < -0.39 is 10.1 Å². The minimum atomic E-state index is -4.28. The maximum absolute atomic E-state index is 12.0. The second kappa shape index (κ2) is 3.47. The molecule has 0 unspecified atom stereocenters. The van der Waals surface area contributed by atoms with Crippen molar-refractivity contribution in [2.24, 2.45) is 0 Å². The molecule has 0 fully saturated rings. The van der Waals surface area contributed by atoms with Crippen LogP contribution in [0, 0.1) is 0 Å². The van der Waals surface area contributed by atoms with Crippen molar-refractivity contribution >= 4 is 31.8 Å². The Hall–Kier alpha value is -2.18. The zero-order valence-electron chi connectivity index (χ0n) is 10.2. The van der Waals surface area contributed by atoms with Crippen LogP contribution >= 0.6 is 0 Å². The van der Waals surface area contributed by atoms with Crippen molar-refractivity contribution < 1.29 is 13.0 Å². The molecule has 0 radical (unpaired) electrons. The van der Waals surface area contributed by atoms with Crippen LogP contribution in [0.5, 0.6) is 0 Å². The van der Waals surface area contributed by atoms with Gasteiger partial charge >= 0.3 is 0 Å². The standard InChI is InChI=1S/C14H9NO4S/c16-14-8-3-1-2-7-6-9-11(20(17,18)19)5-4-10(15-14)13(9)12(7)8/h1-5H,6H2,(H,15,16)(H,17,18,19). The lowest BCUT2D eigenvalue weighted by Crippen LogP contribution is -2.07. The van der Waals surface area contributed by atoms with Gasteiger partial charge in [-0.25, -0.2) is 0 Å². The van der Waals surface area contributed by atoms with E-state index in [4.69, 9.17) is 0 Å². The molecule has 3 aromatic rings. The van der Waals surface area contributed by atoms with Gasteiger partial charge in [0.05, 0.1) is 4.90 Å². The SMILES string of the molecule is O=c1[nH]c2ccc(S(=O)(=O)O)c3c2c2c(cccc12)C3. The van der Waals surface area contributed by atoms with Gasteiger partial charge in [0, 0.05) is 28.1 Å². The number of aromatic amines is 1. The molecular weight excluding hydrogens is 278 g/mol. The lowest BCUT2D eigenvalue weighted by Gasteiger charge is -2.06. The van der Waals surface area contributed by atoms with Crippen LogP contribution in [0.15, 0.2) is 40.0 Å². The van der Waals surface area contributed by atoms with Gasteiger partial charge in [-0.15, -0.1) is 0 Å². The molecule has 0 saturated heterocycles. The summed E-state index contributed by atoms with van der Waals surface area (Å²) in [5, 5.41) is 2.04. The van der Waals surface area contributed by atoms with Gasteiger partial charge in [-0.1, -0.05) is 12.1 Å². The van der Waals surface area contributed by atoms with Crippen LogP contribution in [0.25, 0.3) is 21.7 Å². The van der Waals surface area contributed by atoms with E-state index in [-0.39, 0.29) is 10.5 Å². The molecule has 2 aromatic carbocycles. The molecule has 1 heterocycles. The zero-order chi connectivity index (χ0) is 14.1. The second-order valence-electron chi connectivity index (χ2n) is 4.91. The fourth-order valence-corrected chi connectivity index (χ4v) is 3.77. The monoisotopic (exact) mass is 287 g/mol. The van der Waals surface area contributed by atoms with Crippen LogP contribution in [-0.4, -0.2) is 18.0 Å². The highest BCUT2D eigenvalue weighted by Gasteiger charge is 2.25. The summed E-state index contributed by atoms with van der Waals surface area (Å²) < 4.78 is 32.3. The predicted octanol–water partition coefficient (Wildman–Crippen LogP) is 1.83. The highest BCUT2D eigenvalue weighted by atomic mass is 32.2. The molecule has 6 heteroatoms. The van der Waals surface area contributed by atoms with E-state index in [9.17, 15) is 17.8 Å². The molecule has 0 aliphatic heterocycles. The fraction of sp³-hybridized carbons (Fsp3) is 0.0714. The van der Waals surface area contributed by atoms with E-state index in [1.54, 1.807) is 12.1 Å². The van der Waals surface area contributed by atoms with Gasteiger partial charge in [-0.3, -0.25) is 9.35 Å². The Morgan fingerprint density at radius 3 is 2.65 bits per heavy atom. The number of benzene rings is 2. The minimum absolute atomic E-state index is 0.0884. The van der Waals surface area contributed by atoms with Gasteiger partial charge in [0.15, 0.2) is 0 Å². The summed E-state index contributed by atoms with van der Waals surface area (Å²) in [6.45, 7) is 0. The number of pyridine rings is 1. The normalized spacial score (nSPS) is 13.7. The number of nitrogens with one attached hydrogen (secondary N) is 1. The average molecular weight is 287 g/mol. The summed E-state index contributed by atoms with van der Waals surface area (Å²) >= 11 is 0. The van der Waals surface area contributed by atoms with Gasteiger partial charge in [0.2, 0.25) is 0 Å². The van der Waals surface area contributed by atoms with Crippen LogP contribution in [0.1, 0.15) is 11.1 Å². The molecule has 1 aromatic heterocycles. The minimum Gasteiger partial charge on any atom is -0.321 e. The summed E-state index contributed by atoms with van der Waals surface area (Å²) in [5.41, 5.74) is 1.86. The third-order valence-corrected chi connectivity index (χ3v) is 4.75. The van der Waals surface area contributed by atoms with Crippen molar-refractivity contribution in [2.75, 3.05) is 0 Å². The van der Waals surface area contributed by atoms with E-state index in [0.717, 1.165) is 10.9 Å². The second-order valence-corrected chi connectivity index (χ2v) is 6.30. The number of rotatable bonds is 1. The lowest BCUT2D eigenvalue weighted by atomic mass is 10.1. The van der Waals surface area contributed by atoms with Crippen molar-refractivity contribution in [3.63, 3.8) is 0 Å². The van der Waals surface area contributed by atoms with Gasteiger partial charge in [-0.2, -0.15) is 8.42 Å². The molecular formula is C14H9NO4S. The first-order valence-corrected chi connectivity index (χ1v) is 7.48. The van der Waals surface area contributed by atoms with Crippen molar-refractivity contribution in [1.29, 1.82) is 0 Å². The Bertz CT molecular complexity index is 1060. The number of H-pyrrole nitrogens is 1. The van der Waals surface area contributed by atoms with Crippen LogP contribution in [0.2, 0.25) is 0 Å². The molecule has 1 aliphatic carbocycles. The maximum atomic E-state index is 12.0. The summed E-state index contributed by atoms with van der Waals surface area (Å²) in [7, 11) is -4.28. The van der Waals surface area contributed by atoms with E-state index >= 15 is 0 Å². The Morgan fingerprint density at radius 1 is 1.10 bits per heavy atom. The average Bonchev–Trinajstić information content (AvgIpc) is 2.76.